The van der Waals surface area contributed by atoms with E-state index in [-0.39, 0.29) is 12.5 Å². The van der Waals surface area contributed by atoms with E-state index >= 15 is 0 Å². The summed E-state index contributed by atoms with van der Waals surface area (Å²) in [5.41, 5.74) is 0. The van der Waals surface area contributed by atoms with E-state index in [9.17, 15) is 4.79 Å². The lowest BCUT2D eigenvalue weighted by molar-refractivity contribution is -0.119. The Morgan fingerprint density at radius 2 is 2.27 bits per heavy atom. The number of aliphatic hydroxyl groups is 1. The molecule has 0 aromatic heterocycles. The van der Waals surface area contributed by atoms with Crippen LogP contribution in [0, 0.1) is 5.92 Å². The highest BCUT2D eigenvalue weighted by Gasteiger charge is 2.28. The van der Waals surface area contributed by atoms with E-state index in [1.807, 2.05) is 0 Å². The number of amides is 1. The summed E-state index contributed by atoms with van der Waals surface area (Å²) in [5, 5.41) is 15.6. The Labute approximate surface area is 90.4 Å². The first-order valence-electron chi connectivity index (χ1n) is 5.93. The summed E-state index contributed by atoms with van der Waals surface area (Å²) in [5.74, 6) is 0.592. The van der Waals surface area contributed by atoms with Crippen LogP contribution in [0.25, 0.3) is 0 Å². The number of hydrogen-bond acceptors (Lipinski definition) is 3. The number of carbonyl (C=O) groups is 1. The molecule has 2 aliphatic rings. The Morgan fingerprint density at radius 1 is 1.40 bits per heavy atom. The first kappa shape index (κ1) is 10.9. The number of carbonyl (C=O) groups excluding carboxylic acids is 1. The summed E-state index contributed by atoms with van der Waals surface area (Å²) in [7, 11) is 0. The molecule has 1 saturated heterocycles. The van der Waals surface area contributed by atoms with Crippen LogP contribution >= 0.6 is 0 Å². The summed E-state index contributed by atoms with van der Waals surface area (Å²) in [4.78, 5) is 11.0. The third-order valence-corrected chi connectivity index (χ3v) is 3.61. The van der Waals surface area contributed by atoms with E-state index < -0.39 is 0 Å². The van der Waals surface area contributed by atoms with Gasteiger partial charge in [-0.05, 0) is 25.2 Å². The van der Waals surface area contributed by atoms with Crippen molar-refractivity contribution >= 4 is 5.91 Å². The molecule has 3 unspecified atom stereocenters. The minimum Gasteiger partial charge on any atom is -0.396 e. The van der Waals surface area contributed by atoms with Crippen LogP contribution in [0.1, 0.15) is 32.1 Å². The molecule has 3 atom stereocenters. The van der Waals surface area contributed by atoms with Crippen molar-refractivity contribution in [1.29, 1.82) is 0 Å². The van der Waals surface area contributed by atoms with Gasteiger partial charge in [0.1, 0.15) is 0 Å². The zero-order valence-corrected chi connectivity index (χ0v) is 9.04. The van der Waals surface area contributed by atoms with Crippen LogP contribution in [0.3, 0.4) is 0 Å². The van der Waals surface area contributed by atoms with Gasteiger partial charge < -0.3 is 15.7 Å². The second kappa shape index (κ2) is 4.94. The lowest BCUT2D eigenvalue weighted by Crippen LogP contribution is -2.42. The Bertz CT molecular complexity index is 233. The minimum absolute atomic E-state index is 0.173. The number of aliphatic hydroxyl groups excluding tert-OH is 1. The molecule has 1 saturated carbocycles. The van der Waals surface area contributed by atoms with Crippen LogP contribution in [0.15, 0.2) is 0 Å². The lowest BCUT2D eigenvalue weighted by Gasteiger charge is -2.21. The molecule has 2 fully saturated rings. The molecule has 15 heavy (non-hydrogen) atoms. The third kappa shape index (κ3) is 2.69. The molecular formula is C11H20N2O2. The van der Waals surface area contributed by atoms with E-state index in [1.165, 1.54) is 6.42 Å². The fourth-order valence-corrected chi connectivity index (χ4v) is 2.65. The van der Waals surface area contributed by atoms with Crippen LogP contribution in [-0.2, 0) is 4.79 Å². The number of hydrogen-bond donors (Lipinski definition) is 3. The van der Waals surface area contributed by atoms with Crippen molar-refractivity contribution in [3.05, 3.63) is 0 Å². The molecule has 4 nitrogen and oxygen atoms in total. The third-order valence-electron chi connectivity index (χ3n) is 3.61. The predicted molar refractivity (Wildman–Crippen MR) is 57.4 cm³/mol. The molecule has 1 aliphatic heterocycles. The molecule has 1 aliphatic carbocycles. The Balaban J connectivity index is 1.71. The minimum atomic E-state index is 0.173. The smallest absolute Gasteiger partial charge is 0.220 e. The molecule has 0 radical (unpaired) electrons. The Morgan fingerprint density at radius 3 is 2.93 bits per heavy atom. The van der Waals surface area contributed by atoms with E-state index in [0.29, 0.717) is 24.4 Å². The van der Waals surface area contributed by atoms with Crippen molar-refractivity contribution in [3.8, 4) is 0 Å². The molecule has 2 rings (SSSR count). The van der Waals surface area contributed by atoms with Crippen LogP contribution < -0.4 is 10.6 Å². The molecule has 86 valence electrons. The predicted octanol–water partition coefficient (Wildman–Crippen LogP) is 0.0156. The lowest BCUT2D eigenvalue weighted by atomic mass is 10.0. The van der Waals surface area contributed by atoms with Gasteiger partial charge in [-0.25, -0.2) is 0 Å². The van der Waals surface area contributed by atoms with Crippen LogP contribution in [-0.4, -0.2) is 36.2 Å². The monoisotopic (exact) mass is 212 g/mol. The van der Waals surface area contributed by atoms with E-state index in [2.05, 4.69) is 10.6 Å². The van der Waals surface area contributed by atoms with Gasteiger partial charge in [0.05, 0.1) is 0 Å². The quantitative estimate of drug-likeness (QED) is 0.615. The normalized spacial score (nSPS) is 35.8. The number of nitrogens with one attached hydrogen (secondary N) is 2. The maximum atomic E-state index is 11.0. The zero-order valence-electron chi connectivity index (χ0n) is 9.04. The summed E-state index contributed by atoms with van der Waals surface area (Å²) < 4.78 is 0. The first-order valence-corrected chi connectivity index (χ1v) is 5.93. The second-order valence-corrected chi connectivity index (χ2v) is 4.69. The van der Waals surface area contributed by atoms with Gasteiger partial charge in [0, 0.05) is 31.7 Å². The first-order chi connectivity index (χ1) is 7.29. The molecule has 4 heteroatoms. The topological polar surface area (TPSA) is 61.4 Å². The van der Waals surface area contributed by atoms with Gasteiger partial charge in [-0.3, -0.25) is 4.79 Å². The van der Waals surface area contributed by atoms with Crippen LogP contribution in [0.2, 0.25) is 0 Å². The van der Waals surface area contributed by atoms with Gasteiger partial charge in [-0.1, -0.05) is 6.42 Å². The van der Waals surface area contributed by atoms with Crippen molar-refractivity contribution in [2.24, 2.45) is 5.92 Å². The number of rotatable bonds is 4. The van der Waals surface area contributed by atoms with Crippen LogP contribution in [0.4, 0.5) is 0 Å². The van der Waals surface area contributed by atoms with Crippen molar-refractivity contribution in [2.75, 3.05) is 13.2 Å². The van der Waals surface area contributed by atoms with Crippen molar-refractivity contribution < 1.29 is 9.90 Å². The highest BCUT2D eigenvalue weighted by atomic mass is 16.3. The average Bonchev–Trinajstić information content (AvgIpc) is 2.83. The SMILES string of the molecule is O=C1CCC(CNC2CCCC2CO)N1. The molecule has 3 N–H and O–H groups in total. The van der Waals surface area contributed by atoms with Gasteiger partial charge in [-0.2, -0.15) is 0 Å². The zero-order chi connectivity index (χ0) is 10.7. The Hall–Kier alpha value is -0.610. The standard InChI is InChI=1S/C11H20N2O2/c14-7-8-2-1-3-10(8)12-6-9-4-5-11(15)13-9/h8-10,12,14H,1-7H2,(H,13,15). The van der Waals surface area contributed by atoms with Crippen molar-refractivity contribution in [1.82, 2.24) is 10.6 Å². The summed E-state index contributed by atoms with van der Waals surface area (Å²) in [6.07, 6.45) is 5.11. The fourth-order valence-electron chi connectivity index (χ4n) is 2.65. The Kier molecular flexibility index (Phi) is 3.59. The van der Waals surface area contributed by atoms with Gasteiger partial charge in [-0.15, -0.1) is 0 Å². The van der Waals surface area contributed by atoms with Crippen molar-refractivity contribution in [2.45, 2.75) is 44.2 Å². The summed E-state index contributed by atoms with van der Waals surface area (Å²) in [6.45, 7) is 1.14. The highest BCUT2D eigenvalue weighted by molar-refractivity contribution is 5.78. The van der Waals surface area contributed by atoms with Gasteiger partial charge >= 0.3 is 0 Å². The van der Waals surface area contributed by atoms with Crippen LogP contribution in [0.5, 0.6) is 0 Å². The van der Waals surface area contributed by atoms with Crippen molar-refractivity contribution in [3.63, 3.8) is 0 Å². The molecule has 0 bridgehead atoms. The second-order valence-electron chi connectivity index (χ2n) is 4.69. The average molecular weight is 212 g/mol. The summed E-state index contributed by atoms with van der Waals surface area (Å²) >= 11 is 0. The van der Waals surface area contributed by atoms with Gasteiger partial charge in [0.2, 0.25) is 5.91 Å². The maximum Gasteiger partial charge on any atom is 0.220 e. The molecule has 0 aromatic rings. The van der Waals surface area contributed by atoms with E-state index in [1.54, 1.807) is 0 Å². The van der Waals surface area contributed by atoms with Gasteiger partial charge in [0.15, 0.2) is 0 Å². The van der Waals surface area contributed by atoms with E-state index in [0.717, 1.165) is 25.8 Å². The summed E-state index contributed by atoms with van der Waals surface area (Å²) in [6, 6.07) is 0.755. The van der Waals surface area contributed by atoms with Gasteiger partial charge in [0.25, 0.3) is 0 Å². The molecular weight excluding hydrogens is 192 g/mol. The molecule has 0 spiro atoms. The fraction of sp³-hybridized carbons (Fsp3) is 0.909. The maximum absolute atomic E-state index is 11.0. The molecule has 1 amide bonds. The highest BCUT2D eigenvalue weighted by Crippen LogP contribution is 2.25. The molecule has 1 heterocycles. The van der Waals surface area contributed by atoms with E-state index in [4.69, 9.17) is 5.11 Å². The largest absolute Gasteiger partial charge is 0.396 e. The molecule has 0 aromatic carbocycles.